The van der Waals surface area contributed by atoms with Gasteiger partial charge in [0, 0.05) is 42.3 Å². The molecule has 2 aromatic carbocycles. The lowest BCUT2D eigenvalue weighted by Crippen LogP contribution is -2.31. The standard InChI is InChI=1S/C20H28N4/c1-14-10-8-9-11-15(14)20-23(6)18-12-16(21(2)3)17(22(4)5)13-19(18)24(20)7/h8-13,20H,1-7H3. The van der Waals surface area contributed by atoms with Crippen LogP contribution in [0.25, 0.3) is 0 Å². The van der Waals surface area contributed by atoms with Gasteiger partial charge in [-0.05, 0) is 30.2 Å². The second-order valence-electron chi connectivity index (χ2n) is 7.07. The number of hydrogen-bond donors (Lipinski definition) is 0. The molecule has 0 aromatic heterocycles. The van der Waals surface area contributed by atoms with Crippen LogP contribution in [0.1, 0.15) is 17.3 Å². The Bertz CT molecular complexity index is 710. The first-order valence-corrected chi connectivity index (χ1v) is 8.36. The fourth-order valence-electron chi connectivity index (χ4n) is 3.65. The molecule has 0 atom stereocenters. The first-order valence-electron chi connectivity index (χ1n) is 8.36. The Labute approximate surface area is 145 Å². The van der Waals surface area contributed by atoms with Crippen molar-refractivity contribution in [2.24, 2.45) is 0 Å². The van der Waals surface area contributed by atoms with Gasteiger partial charge in [0.1, 0.15) is 6.17 Å². The SMILES string of the molecule is Cc1ccccc1C1N(C)c2cc(N(C)C)c(N(C)C)cc2N1C. The molecule has 2 aromatic rings. The van der Waals surface area contributed by atoms with Crippen molar-refractivity contribution in [3.05, 3.63) is 47.5 Å². The molecule has 0 saturated heterocycles. The number of rotatable bonds is 3. The first-order chi connectivity index (χ1) is 11.3. The number of anilines is 4. The van der Waals surface area contributed by atoms with Crippen molar-refractivity contribution in [1.29, 1.82) is 0 Å². The molecule has 1 aliphatic rings. The van der Waals surface area contributed by atoms with Crippen LogP contribution in [0.3, 0.4) is 0 Å². The maximum absolute atomic E-state index is 2.38. The maximum Gasteiger partial charge on any atom is 0.128 e. The average Bonchev–Trinajstić information content (AvgIpc) is 2.78. The van der Waals surface area contributed by atoms with E-state index in [-0.39, 0.29) is 6.17 Å². The molecule has 128 valence electrons. The summed E-state index contributed by atoms with van der Waals surface area (Å²) in [5.74, 6) is 0. The molecule has 4 heteroatoms. The molecule has 1 aliphatic heterocycles. The molecule has 0 fully saturated rings. The molecule has 4 nitrogen and oxygen atoms in total. The van der Waals surface area contributed by atoms with Crippen LogP contribution < -0.4 is 19.6 Å². The highest BCUT2D eigenvalue weighted by molar-refractivity contribution is 5.88. The number of hydrogen-bond acceptors (Lipinski definition) is 4. The lowest BCUT2D eigenvalue weighted by atomic mass is 10.1. The highest BCUT2D eigenvalue weighted by atomic mass is 15.4. The Morgan fingerprint density at radius 2 is 1.25 bits per heavy atom. The van der Waals surface area contributed by atoms with E-state index in [4.69, 9.17) is 0 Å². The van der Waals surface area contributed by atoms with Gasteiger partial charge < -0.3 is 19.6 Å². The molecule has 3 rings (SSSR count). The van der Waals surface area contributed by atoms with Gasteiger partial charge in [0.05, 0.1) is 22.7 Å². The van der Waals surface area contributed by atoms with Crippen LogP contribution in [-0.2, 0) is 0 Å². The van der Waals surface area contributed by atoms with Crippen molar-refractivity contribution >= 4 is 22.7 Å². The number of aryl methyl sites for hydroxylation is 1. The molecule has 0 aliphatic carbocycles. The van der Waals surface area contributed by atoms with Crippen molar-refractivity contribution in [2.75, 3.05) is 61.9 Å². The molecule has 0 unspecified atom stereocenters. The molecule has 0 spiro atoms. The average molecular weight is 324 g/mol. The van der Waals surface area contributed by atoms with Gasteiger partial charge in [0.2, 0.25) is 0 Å². The van der Waals surface area contributed by atoms with E-state index in [9.17, 15) is 0 Å². The summed E-state index contributed by atoms with van der Waals surface area (Å²) < 4.78 is 0. The van der Waals surface area contributed by atoms with E-state index in [1.54, 1.807) is 0 Å². The first kappa shape index (κ1) is 16.5. The van der Waals surface area contributed by atoms with E-state index in [0.29, 0.717) is 0 Å². The second kappa shape index (κ2) is 5.93. The van der Waals surface area contributed by atoms with Crippen LogP contribution in [-0.4, -0.2) is 42.3 Å². The summed E-state index contributed by atoms with van der Waals surface area (Å²) in [6, 6.07) is 13.3. The lowest BCUT2D eigenvalue weighted by molar-refractivity contribution is 0.690. The molecule has 1 heterocycles. The van der Waals surface area contributed by atoms with Gasteiger partial charge in [-0.25, -0.2) is 0 Å². The van der Waals surface area contributed by atoms with Crippen LogP contribution in [0.15, 0.2) is 36.4 Å². The minimum Gasteiger partial charge on any atom is -0.376 e. The molecule has 0 N–H and O–H groups in total. The van der Waals surface area contributed by atoms with Crippen molar-refractivity contribution < 1.29 is 0 Å². The summed E-state index contributed by atoms with van der Waals surface area (Å²) in [6.45, 7) is 2.19. The lowest BCUT2D eigenvalue weighted by Gasteiger charge is -2.29. The summed E-state index contributed by atoms with van der Waals surface area (Å²) in [5, 5.41) is 0. The molecule has 0 radical (unpaired) electrons. The molecular formula is C20H28N4. The zero-order valence-electron chi connectivity index (χ0n) is 15.8. The third-order valence-corrected chi connectivity index (χ3v) is 5.00. The van der Waals surface area contributed by atoms with Crippen molar-refractivity contribution in [3.63, 3.8) is 0 Å². The van der Waals surface area contributed by atoms with Crippen LogP contribution >= 0.6 is 0 Å². The molecule has 24 heavy (non-hydrogen) atoms. The third kappa shape index (κ3) is 2.46. The van der Waals surface area contributed by atoms with Crippen LogP contribution in [0.4, 0.5) is 22.7 Å². The van der Waals surface area contributed by atoms with Gasteiger partial charge in [-0.2, -0.15) is 0 Å². The zero-order chi connectivity index (χ0) is 17.6. The summed E-state index contributed by atoms with van der Waals surface area (Å²) in [5.41, 5.74) is 7.72. The fourth-order valence-corrected chi connectivity index (χ4v) is 3.65. The van der Waals surface area contributed by atoms with E-state index in [0.717, 1.165) is 0 Å². The topological polar surface area (TPSA) is 13.0 Å². The van der Waals surface area contributed by atoms with Gasteiger partial charge >= 0.3 is 0 Å². The normalized spacial score (nSPS) is 14.1. The number of fused-ring (bicyclic) bond motifs is 1. The van der Waals surface area contributed by atoms with Gasteiger partial charge in [-0.3, -0.25) is 0 Å². The Balaban J connectivity index is 2.14. The van der Waals surface area contributed by atoms with Gasteiger partial charge in [-0.1, -0.05) is 24.3 Å². The van der Waals surface area contributed by atoms with E-state index < -0.39 is 0 Å². The highest BCUT2D eigenvalue weighted by Crippen LogP contribution is 2.49. The van der Waals surface area contributed by atoms with Crippen LogP contribution in [0.5, 0.6) is 0 Å². The fraction of sp³-hybridized carbons (Fsp3) is 0.400. The van der Waals surface area contributed by atoms with Crippen molar-refractivity contribution in [1.82, 2.24) is 0 Å². The van der Waals surface area contributed by atoms with Gasteiger partial charge in [0.15, 0.2) is 0 Å². The highest BCUT2D eigenvalue weighted by Gasteiger charge is 2.34. The summed E-state index contributed by atoms with van der Waals surface area (Å²) in [7, 11) is 12.8. The number of benzene rings is 2. The smallest absolute Gasteiger partial charge is 0.128 e. The summed E-state index contributed by atoms with van der Waals surface area (Å²) in [6.07, 6.45) is 0.230. The molecular weight excluding hydrogens is 296 g/mol. The third-order valence-electron chi connectivity index (χ3n) is 5.00. The summed E-state index contributed by atoms with van der Waals surface area (Å²) >= 11 is 0. The summed E-state index contributed by atoms with van der Waals surface area (Å²) in [4.78, 5) is 9.13. The Kier molecular flexibility index (Phi) is 4.08. The van der Waals surface area contributed by atoms with E-state index in [1.807, 2.05) is 0 Å². The minimum atomic E-state index is 0.230. The Morgan fingerprint density at radius 1 is 0.792 bits per heavy atom. The Hall–Kier alpha value is -2.36. The quantitative estimate of drug-likeness (QED) is 0.853. The predicted octanol–water partition coefficient (Wildman–Crippen LogP) is 3.71. The zero-order valence-corrected chi connectivity index (χ0v) is 15.8. The van der Waals surface area contributed by atoms with Crippen LogP contribution in [0.2, 0.25) is 0 Å². The molecule has 0 amide bonds. The largest absolute Gasteiger partial charge is 0.376 e. The van der Waals surface area contributed by atoms with E-state index in [2.05, 4.69) is 105 Å². The maximum atomic E-state index is 2.38. The van der Waals surface area contributed by atoms with Gasteiger partial charge in [0.25, 0.3) is 0 Å². The van der Waals surface area contributed by atoms with Crippen LogP contribution in [0, 0.1) is 6.92 Å². The van der Waals surface area contributed by atoms with Gasteiger partial charge in [-0.15, -0.1) is 0 Å². The number of nitrogens with zero attached hydrogens (tertiary/aromatic N) is 4. The molecule has 0 bridgehead atoms. The van der Waals surface area contributed by atoms with Crippen molar-refractivity contribution in [2.45, 2.75) is 13.1 Å². The minimum absolute atomic E-state index is 0.230. The monoisotopic (exact) mass is 324 g/mol. The Morgan fingerprint density at radius 3 is 1.67 bits per heavy atom. The van der Waals surface area contributed by atoms with E-state index in [1.165, 1.54) is 33.9 Å². The van der Waals surface area contributed by atoms with Crippen molar-refractivity contribution in [3.8, 4) is 0 Å². The predicted molar refractivity (Wildman–Crippen MR) is 106 cm³/mol. The molecule has 0 saturated carbocycles. The van der Waals surface area contributed by atoms with E-state index >= 15 is 0 Å². The second-order valence-corrected chi connectivity index (χ2v) is 7.07.